The van der Waals surface area contributed by atoms with Gasteiger partial charge in [0.05, 0.1) is 0 Å². The van der Waals surface area contributed by atoms with Gasteiger partial charge in [0.15, 0.2) is 0 Å². The molecule has 1 nitrogen and oxygen atoms in total. The van der Waals surface area contributed by atoms with E-state index in [0.29, 0.717) is 11.6 Å². The summed E-state index contributed by atoms with van der Waals surface area (Å²) in [5.74, 6) is 0. The highest BCUT2D eigenvalue weighted by Crippen LogP contribution is 2.21. The van der Waals surface area contributed by atoms with Crippen LogP contribution in [0.1, 0.15) is 5.56 Å². The van der Waals surface area contributed by atoms with Crippen LogP contribution in [0.2, 0.25) is 5.02 Å². The van der Waals surface area contributed by atoms with Crippen LogP contribution in [-0.2, 0) is 6.54 Å². The first-order chi connectivity index (χ1) is 7.29. The van der Waals surface area contributed by atoms with Gasteiger partial charge in [-0.1, -0.05) is 41.9 Å². The maximum absolute atomic E-state index is 5.77. The van der Waals surface area contributed by atoms with Gasteiger partial charge in [0, 0.05) is 17.6 Å². The van der Waals surface area contributed by atoms with Crippen LogP contribution in [0.25, 0.3) is 11.1 Å². The average Bonchev–Trinajstić information content (AvgIpc) is 2.30. The van der Waals surface area contributed by atoms with Gasteiger partial charge < -0.3 is 5.73 Å². The predicted octanol–water partition coefficient (Wildman–Crippen LogP) is 3.27. The third kappa shape index (κ3) is 2.38. The molecule has 0 unspecified atom stereocenters. The fourth-order valence-electron chi connectivity index (χ4n) is 1.42. The number of nitrogens with two attached hydrogens (primary N) is 1. The largest absolute Gasteiger partial charge is 0.326 e. The Hall–Kier alpha value is -1.31. The van der Waals surface area contributed by atoms with Crippen molar-refractivity contribution >= 4 is 11.6 Å². The van der Waals surface area contributed by atoms with E-state index in [1.54, 1.807) is 0 Å². The van der Waals surface area contributed by atoms with Crippen molar-refractivity contribution in [1.82, 2.24) is 0 Å². The Labute approximate surface area is 94.5 Å². The molecule has 0 aliphatic carbocycles. The zero-order chi connectivity index (χ0) is 10.7. The Kier molecular flexibility index (Phi) is 3.05. The first-order valence-corrected chi connectivity index (χ1v) is 5.14. The second-order valence-electron chi connectivity index (χ2n) is 3.33. The Morgan fingerprint density at radius 3 is 2.20 bits per heavy atom. The highest BCUT2D eigenvalue weighted by Gasteiger charge is 1.97. The zero-order valence-electron chi connectivity index (χ0n) is 8.20. The van der Waals surface area contributed by atoms with Crippen molar-refractivity contribution in [2.45, 2.75) is 6.54 Å². The fraction of sp³-hybridized carbons (Fsp3) is 0.0769. The van der Waals surface area contributed by atoms with Gasteiger partial charge in [-0.05, 0) is 28.8 Å². The lowest BCUT2D eigenvalue weighted by atomic mass is 10.0. The van der Waals surface area contributed by atoms with Crippen LogP contribution in [0.3, 0.4) is 0 Å². The molecule has 75 valence electrons. The van der Waals surface area contributed by atoms with Gasteiger partial charge in [0.2, 0.25) is 0 Å². The molecular weight excluding hydrogens is 206 g/mol. The number of halogens is 1. The monoisotopic (exact) mass is 216 g/mol. The van der Waals surface area contributed by atoms with Crippen molar-refractivity contribution in [2.75, 3.05) is 0 Å². The molecule has 2 rings (SSSR count). The van der Waals surface area contributed by atoms with Crippen LogP contribution >= 0.6 is 11.6 Å². The van der Waals surface area contributed by atoms with Crippen molar-refractivity contribution in [1.29, 1.82) is 0 Å². The highest BCUT2D eigenvalue weighted by molar-refractivity contribution is 6.30. The molecule has 2 N–H and O–H groups in total. The van der Waals surface area contributed by atoms with Gasteiger partial charge in [0.25, 0.3) is 0 Å². The normalized spacial score (nSPS) is 10.3. The SMILES string of the molecule is NCc1ccc(-c2c[c]c(Cl)cc2)cc1. The van der Waals surface area contributed by atoms with Crippen molar-refractivity contribution in [3.8, 4) is 11.1 Å². The Morgan fingerprint density at radius 2 is 1.67 bits per heavy atom. The lowest BCUT2D eigenvalue weighted by molar-refractivity contribution is 1.07. The van der Waals surface area contributed by atoms with Gasteiger partial charge in [0.1, 0.15) is 0 Å². The third-order valence-corrected chi connectivity index (χ3v) is 2.53. The van der Waals surface area contributed by atoms with Crippen molar-refractivity contribution in [3.05, 3.63) is 59.1 Å². The third-order valence-electron chi connectivity index (χ3n) is 2.30. The van der Waals surface area contributed by atoms with E-state index in [2.05, 4.69) is 18.2 Å². The predicted molar refractivity (Wildman–Crippen MR) is 63.6 cm³/mol. The average molecular weight is 217 g/mol. The summed E-state index contributed by atoms with van der Waals surface area (Å²) in [7, 11) is 0. The molecule has 0 aliphatic heterocycles. The molecule has 0 fully saturated rings. The molecule has 0 saturated carbocycles. The molecule has 0 aliphatic rings. The molecule has 2 heteroatoms. The second-order valence-corrected chi connectivity index (χ2v) is 3.73. The summed E-state index contributed by atoms with van der Waals surface area (Å²) in [4.78, 5) is 0. The van der Waals surface area contributed by atoms with Gasteiger partial charge in [-0.25, -0.2) is 0 Å². The van der Waals surface area contributed by atoms with E-state index < -0.39 is 0 Å². The van der Waals surface area contributed by atoms with Crippen molar-refractivity contribution in [3.63, 3.8) is 0 Å². The second kappa shape index (κ2) is 4.47. The molecule has 15 heavy (non-hydrogen) atoms. The standard InChI is InChI=1S/C13H11ClN/c14-13-7-5-12(6-8-13)11-3-1-10(9-15)2-4-11/h1-7H,9,15H2. The van der Waals surface area contributed by atoms with Crippen LogP contribution in [0.15, 0.2) is 42.5 Å². The Balaban J connectivity index is 2.33. The quantitative estimate of drug-likeness (QED) is 0.820. The summed E-state index contributed by atoms with van der Waals surface area (Å²) in [6.45, 7) is 0.576. The van der Waals surface area contributed by atoms with Crippen LogP contribution in [-0.4, -0.2) is 0 Å². The first-order valence-electron chi connectivity index (χ1n) is 4.76. The lowest BCUT2D eigenvalue weighted by Crippen LogP contribution is -1.95. The van der Waals surface area contributed by atoms with Gasteiger partial charge >= 0.3 is 0 Å². The zero-order valence-corrected chi connectivity index (χ0v) is 8.96. The number of benzene rings is 2. The molecule has 2 aromatic carbocycles. The molecular formula is C13H11ClN. The molecule has 1 radical (unpaired) electrons. The molecule has 0 aromatic heterocycles. The lowest BCUT2D eigenvalue weighted by Gasteiger charge is -2.02. The molecule has 0 spiro atoms. The van der Waals surface area contributed by atoms with Crippen LogP contribution in [0.4, 0.5) is 0 Å². The minimum Gasteiger partial charge on any atom is -0.326 e. The minimum atomic E-state index is 0.576. The molecule has 0 atom stereocenters. The van der Waals surface area contributed by atoms with E-state index in [4.69, 9.17) is 17.3 Å². The Morgan fingerprint density at radius 1 is 1.00 bits per heavy atom. The van der Waals surface area contributed by atoms with Crippen LogP contribution in [0.5, 0.6) is 0 Å². The maximum atomic E-state index is 5.77. The minimum absolute atomic E-state index is 0.576. The topological polar surface area (TPSA) is 26.0 Å². The van der Waals surface area contributed by atoms with E-state index in [9.17, 15) is 0 Å². The first kappa shape index (κ1) is 10.2. The fourth-order valence-corrected chi connectivity index (χ4v) is 1.54. The number of hydrogen-bond donors (Lipinski definition) is 1. The molecule has 0 amide bonds. The van der Waals surface area contributed by atoms with Gasteiger partial charge in [-0.15, -0.1) is 0 Å². The van der Waals surface area contributed by atoms with E-state index >= 15 is 0 Å². The van der Waals surface area contributed by atoms with Crippen molar-refractivity contribution < 1.29 is 0 Å². The summed E-state index contributed by atoms with van der Waals surface area (Å²) in [5, 5.41) is 0.636. The molecule has 0 bridgehead atoms. The number of hydrogen-bond acceptors (Lipinski definition) is 1. The summed E-state index contributed by atoms with van der Waals surface area (Å²) in [5.41, 5.74) is 8.94. The van der Waals surface area contributed by atoms with E-state index in [1.807, 2.05) is 30.3 Å². The van der Waals surface area contributed by atoms with Crippen molar-refractivity contribution in [2.24, 2.45) is 5.73 Å². The van der Waals surface area contributed by atoms with Gasteiger partial charge in [-0.2, -0.15) is 0 Å². The van der Waals surface area contributed by atoms with E-state index in [1.165, 1.54) is 0 Å². The number of rotatable bonds is 2. The highest BCUT2D eigenvalue weighted by atomic mass is 35.5. The van der Waals surface area contributed by atoms with Crippen LogP contribution < -0.4 is 5.73 Å². The summed E-state index contributed by atoms with van der Waals surface area (Å²) < 4.78 is 0. The summed E-state index contributed by atoms with van der Waals surface area (Å²) in [6.07, 6.45) is 0. The van der Waals surface area contributed by atoms with E-state index in [-0.39, 0.29) is 0 Å². The molecule has 0 heterocycles. The smallest absolute Gasteiger partial charge is 0.0485 e. The molecule has 0 saturated heterocycles. The van der Waals surface area contributed by atoms with Gasteiger partial charge in [-0.3, -0.25) is 0 Å². The van der Waals surface area contributed by atoms with Crippen LogP contribution in [0, 0.1) is 6.07 Å². The summed E-state index contributed by atoms with van der Waals surface area (Å²) in [6, 6.07) is 16.9. The van der Waals surface area contributed by atoms with E-state index in [0.717, 1.165) is 16.7 Å². The molecule has 2 aromatic rings. The maximum Gasteiger partial charge on any atom is 0.0485 e. The summed E-state index contributed by atoms with van der Waals surface area (Å²) >= 11 is 5.77. The Bertz CT molecular complexity index is 431.